The number of ketones is 1. The summed E-state index contributed by atoms with van der Waals surface area (Å²) in [7, 11) is 0. The van der Waals surface area contributed by atoms with Gasteiger partial charge >= 0.3 is 0 Å². The predicted octanol–water partition coefficient (Wildman–Crippen LogP) is 2.89. The molecular weight excluding hydrogens is 364 g/mol. The summed E-state index contributed by atoms with van der Waals surface area (Å²) in [6.45, 7) is 1.49. The lowest BCUT2D eigenvalue weighted by Crippen LogP contribution is -2.17. The number of nitrogens with zero attached hydrogens (tertiary/aromatic N) is 4. The number of hydrogen-bond donors (Lipinski definition) is 2. The number of carbonyl (C=O) groups excluding carboxylic acids is 1. The van der Waals surface area contributed by atoms with Crippen molar-refractivity contribution in [1.82, 2.24) is 15.0 Å². The highest BCUT2D eigenvalue weighted by Crippen LogP contribution is 2.26. The van der Waals surface area contributed by atoms with E-state index in [1.807, 2.05) is 42.9 Å². The van der Waals surface area contributed by atoms with Gasteiger partial charge in [0.1, 0.15) is 5.78 Å². The van der Waals surface area contributed by atoms with Gasteiger partial charge in [-0.1, -0.05) is 30.3 Å². The van der Waals surface area contributed by atoms with Crippen LogP contribution in [0.1, 0.15) is 29.7 Å². The highest BCUT2D eigenvalue weighted by Gasteiger charge is 2.21. The van der Waals surface area contributed by atoms with Crippen LogP contribution >= 0.6 is 0 Å². The number of rotatable bonds is 7. The van der Waals surface area contributed by atoms with Crippen molar-refractivity contribution in [3.63, 3.8) is 0 Å². The van der Waals surface area contributed by atoms with Crippen LogP contribution in [0.2, 0.25) is 0 Å². The molecule has 0 radical (unpaired) electrons. The third kappa shape index (κ3) is 4.45. The first-order chi connectivity index (χ1) is 14.1. The average Bonchev–Trinajstić information content (AvgIpc) is 3.16. The molecule has 0 atom stereocenters. The Balaban J connectivity index is 1.43. The molecule has 29 heavy (non-hydrogen) atoms. The lowest BCUT2D eigenvalue weighted by Gasteiger charge is -2.15. The molecule has 0 amide bonds. The Bertz CT molecular complexity index is 1020. The van der Waals surface area contributed by atoms with E-state index in [1.165, 1.54) is 5.56 Å². The Hall–Kier alpha value is -3.61. The highest BCUT2D eigenvalue weighted by atomic mass is 16.1. The third-order valence-electron chi connectivity index (χ3n) is 4.95. The van der Waals surface area contributed by atoms with E-state index in [4.69, 9.17) is 11.1 Å². The van der Waals surface area contributed by atoms with Crippen LogP contribution in [0.25, 0.3) is 11.1 Å². The zero-order valence-corrected chi connectivity index (χ0v) is 16.0. The van der Waals surface area contributed by atoms with E-state index in [-0.39, 0.29) is 18.0 Å². The molecule has 3 aromatic rings. The standard InChI is InChI=1S/C22H22N6O/c23-21(24)10-19(29)7-6-15-3-1-4-16(9-15)18-11-26-22(27-12-18)28-13-17-5-2-8-25-20(17)14-28/h1-5,8-9,11-12H,6-7,10,13-14H2,(H3,23,24). The minimum absolute atomic E-state index is 0.0170. The maximum Gasteiger partial charge on any atom is 0.225 e. The zero-order valence-electron chi connectivity index (χ0n) is 16.0. The first-order valence-corrected chi connectivity index (χ1v) is 9.52. The van der Waals surface area contributed by atoms with Gasteiger partial charge in [0.2, 0.25) is 5.95 Å². The van der Waals surface area contributed by atoms with E-state index in [0.29, 0.717) is 18.8 Å². The fraction of sp³-hybridized carbons (Fsp3) is 0.227. The number of carbonyl (C=O) groups is 1. The van der Waals surface area contributed by atoms with Gasteiger partial charge in [-0.3, -0.25) is 15.2 Å². The Morgan fingerprint density at radius 1 is 1.07 bits per heavy atom. The van der Waals surface area contributed by atoms with Crippen molar-refractivity contribution in [2.24, 2.45) is 5.73 Å². The molecule has 0 spiro atoms. The maximum atomic E-state index is 11.8. The number of pyridine rings is 1. The molecule has 7 nitrogen and oxygen atoms in total. The molecular formula is C22H22N6O. The first-order valence-electron chi connectivity index (χ1n) is 9.52. The number of amidine groups is 1. The number of anilines is 1. The monoisotopic (exact) mass is 386 g/mol. The molecule has 2 aromatic heterocycles. The fourth-order valence-corrected chi connectivity index (χ4v) is 3.47. The molecule has 0 unspecified atom stereocenters. The number of nitrogens with two attached hydrogens (primary N) is 1. The summed E-state index contributed by atoms with van der Waals surface area (Å²) in [6, 6.07) is 12.1. The lowest BCUT2D eigenvalue weighted by atomic mass is 10.0. The van der Waals surface area contributed by atoms with Crippen molar-refractivity contribution in [3.05, 3.63) is 71.8 Å². The fourth-order valence-electron chi connectivity index (χ4n) is 3.47. The molecule has 0 saturated heterocycles. The van der Waals surface area contributed by atoms with Crippen LogP contribution in [0.5, 0.6) is 0 Å². The number of aromatic nitrogens is 3. The van der Waals surface area contributed by atoms with Crippen LogP contribution in [0.15, 0.2) is 55.0 Å². The molecule has 0 bridgehead atoms. The van der Waals surface area contributed by atoms with E-state index in [0.717, 1.165) is 35.5 Å². The second-order valence-corrected chi connectivity index (χ2v) is 7.18. The molecule has 1 aromatic carbocycles. The minimum atomic E-state index is -0.0853. The van der Waals surface area contributed by atoms with E-state index in [1.54, 1.807) is 0 Å². The molecule has 3 heterocycles. The van der Waals surface area contributed by atoms with Crippen LogP contribution in [0, 0.1) is 5.41 Å². The van der Waals surface area contributed by atoms with Crippen molar-refractivity contribution in [2.75, 3.05) is 4.90 Å². The van der Waals surface area contributed by atoms with E-state index in [2.05, 4.69) is 32.0 Å². The molecule has 1 aliphatic rings. The average molecular weight is 386 g/mol. The van der Waals surface area contributed by atoms with E-state index < -0.39 is 0 Å². The number of fused-ring (bicyclic) bond motifs is 1. The number of benzene rings is 1. The molecule has 0 aliphatic carbocycles. The second kappa shape index (κ2) is 8.18. The zero-order chi connectivity index (χ0) is 20.2. The quantitative estimate of drug-likeness (QED) is 0.477. The summed E-state index contributed by atoms with van der Waals surface area (Å²) in [6.07, 6.45) is 6.50. The summed E-state index contributed by atoms with van der Waals surface area (Å²) in [4.78, 5) is 27.4. The smallest absolute Gasteiger partial charge is 0.225 e. The van der Waals surface area contributed by atoms with Gasteiger partial charge in [0, 0.05) is 37.1 Å². The van der Waals surface area contributed by atoms with Gasteiger partial charge in [-0.25, -0.2) is 9.97 Å². The molecule has 146 valence electrons. The number of Topliss-reactive ketones (excluding diaryl/α,β-unsaturated/α-hetero) is 1. The van der Waals surface area contributed by atoms with Crippen LogP contribution < -0.4 is 10.6 Å². The van der Waals surface area contributed by atoms with E-state index in [9.17, 15) is 4.79 Å². The largest absolute Gasteiger partial charge is 0.387 e. The van der Waals surface area contributed by atoms with Crippen molar-refractivity contribution >= 4 is 17.6 Å². The molecule has 0 saturated carbocycles. The lowest BCUT2D eigenvalue weighted by molar-refractivity contribution is -0.117. The number of aryl methyl sites for hydroxylation is 1. The van der Waals surface area contributed by atoms with Gasteiger partial charge in [-0.05, 0) is 29.2 Å². The summed E-state index contributed by atoms with van der Waals surface area (Å²) in [5.41, 5.74) is 10.6. The van der Waals surface area contributed by atoms with Crippen LogP contribution in [-0.4, -0.2) is 26.6 Å². The summed E-state index contributed by atoms with van der Waals surface area (Å²) < 4.78 is 0. The summed E-state index contributed by atoms with van der Waals surface area (Å²) >= 11 is 0. The third-order valence-corrected chi connectivity index (χ3v) is 4.95. The van der Waals surface area contributed by atoms with Crippen LogP contribution in [-0.2, 0) is 24.3 Å². The van der Waals surface area contributed by atoms with Crippen molar-refractivity contribution in [2.45, 2.75) is 32.4 Å². The number of nitrogens with one attached hydrogen (secondary N) is 1. The van der Waals surface area contributed by atoms with Crippen molar-refractivity contribution in [1.29, 1.82) is 5.41 Å². The minimum Gasteiger partial charge on any atom is -0.387 e. The Morgan fingerprint density at radius 3 is 2.66 bits per heavy atom. The summed E-state index contributed by atoms with van der Waals surface area (Å²) in [5, 5.41) is 7.21. The van der Waals surface area contributed by atoms with Gasteiger partial charge in [0.25, 0.3) is 0 Å². The van der Waals surface area contributed by atoms with Crippen LogP contribution in [0.3, 0.4) is 0 Å². The van der Waals surface area contributed by atoms with Crippen molar-refractivity contribution < 1.29 is 4.79 Å². The second-order valence-electron chi connectivity index (χ2n) is 7.18. The summed E-state index contributed by atoms with van der Waals surface area (Å²) in [5.74, 6) is 0.590. The normalized spacial score (nSPS) is 12.6. The number of hydrogen-bond acceptors (Lipinski definition) is 6. The predicted molar refractivity (Wildman–Crippen MR) is 111 cm³/mol. The molecule has 1 aliphatic heterocycles. The molecule has 7 heteroatoms. The molecule has 0 fully saturated rings. The SMILES string of the molecule is N=C(N)CC(=O)CCc1cccc(-c2cnc(N3Cc4cccnc4C3)nc2)c1. The van der Waals surface area contributed by atoms with Gasteiger partial charge < -0.3 is 10.6 Å². The molecule has 4 rings (SSSR count). The van der Waals surface area contributed by atoms with Crippen molar-refractivity contribution in [3.8, 4) is 11.1 Å². The van der Waals surface area contributed by atoms with Gasteiger partial charge in [0.05, 0.1) is 24.5 Å². The Morgan fingerprint density at radius 2 is 1.90 bits per heavy atom. The van der Waals surface area contributed by atoms with Gasteiger partial charge in [-0.2, -0.15) is 0 Å². The van der Waals surface area contributed by atoms with E-state index >= 15 is 0 Å². The van der Waals surface area contributed by atoms with Crippen LogP contribution in [0.4, 0.5) is 5.95 Å². The first kappa shape index (κ1) is 18.7. The van der Waals surface area contributed by atoms with Gasteiger partial charge in [0.15, 0.2) is 0 Å². The highest BCUT2D eigenvalue weighted by molar-refractivity contribution is 5.98. The Kier molecular flexibility index (Phi) is 5.29. The van der Waals surface area contributed by atoms with Gasteiger partial charge in [-0.15, -0.1) is 0 Å². The topological polar surface area (TPSA) is 109 Å². The Labute approximate surface area is 169 Å². The maximum absolute atomic E-state index is 11.8. The molecule has 3 N–H and O–H groups in total.